The number of halogens is 2. The molecule has 16 heavy (non-hydrogen) atoms. The number of hydrogen-bond donors (Lipinski definition) is 1. The highest BCUT2D eigenvalue weighted by atomic mass is 35.5. The maximum atomic E-state index is 6.07. The Morgan fingerprint density at radius 1 is 1.38 bits per heavy atom. The maximum Gasteiger partial charge on any atom is 0.137 e. The van der Waals surface area contributed by atoms with Crippen molar-refractivity contribution in [2.75, 3.05) is 6.61 Å². The average Bonchev–Trinajstić information content (AvgIpc) is 2.19. The van der Waals surface area contributed by atoms with Gasteiger partial charge >= 0.3 is 0 Å². The van der Waals surface area contributed by atoms with Gasteiger partial charge in [-0.1, -0.05) is 31.5 Å². The molecule has 0 heterocycles. The minimum Gasteiger partial charge on any atom is -0.492 e. The zero-order valence-electron chi connectivity index (χ0n) is 9.92. The molecule has 0 saturated carbocycles. The molecule has 1 aromatic rings. The van der Waals surface area contributed by atoms with Gasteiger partial charge in [-0.25, -0.2) is 0 Å². The van der Waals surface area contributed by atoms with Crippen LogP contribution in [-0.2, 0) is 6.54 Å². The molecule has 0 aliphatic rings. The van der Waals surface area contributed by atoms with E-state index in [4.69, 9.17) is 16.3 Å². The highest BCUT2D eigenvalue weighted by Crippen LogP contribution is 2.25. The second-order valence-electron chi connectivity index (χ2n) is 3.73. The minimum absolute atomic E-state index is 0. The molecule has 2 nitrogen and oxygen atoms in total. The summed E-state index contributed by atoms with van der Waals surface area (Å²) in [4.78, 5) is 0. The molecular formula is C12H19Cl2NO. The van der Waals surface area contributed by atoms with Crippen molar-refractivity contribution in [3.8, 4) is 5.75 Å². The molecule has 0 fully saturated rings. The summed E-state index contributed by atoms with van der Waals surface area (Å²) < 4.78 is 5.36. The molecule has 1 rings (SSSR count). The quantitative estimate of drug-likeness (QED) is 0.876. The van der Waals surface area contributed by atoms with Crippen molar-refractivity contribution in [3.05, 3.63) is 28.8 Å². The lowest BCUT2D eigenvalue weighted by Gasteiger charge is -2.10. The van der Waals surface area contributed by atoms with Crippen LogP contribution in [0.5, 0.6) is 5.75 Å². The van der Waals surface area contributed by atoms with Gasteiger partial charge in [0, 0.05) is 12.6 Å². The van der Waals surface area contributed by atoms with Crippen molar-refractivity contribution in [2.24, 2.45) is 0 Å². The van der Waals surface area contributed by atoms with Crippen LogP contribution in [0.4, 0.5) is 0 Å². The van der Waals surface area contributed by atoms with Gasteiger partial charge < -0.3 is 10.1 Å². The molecule has 0 aliphatic carbocycles. The fourth-order valence-electron chi connectivity index (χ4n) is 1.25. The standard InChI is InChI=1S/C12H18ClNO.ClH/c1-4-15-12-6-5-10(7-11(12)13)8-14-9(2)3;/h5-7,9,14H,4,8H2,1-3H3;1H. The van der Waals surface area contributed by atoms with E-state index in [9.17, 15) is 0 Å². The van der Waals surface area contributed by atoms with Crippen molar-refractivity contribution >= 4 is 24.0 Å². The van der Waals surface area contributed by atoms with Crippen LogP contribution >= 0.6 is 24.0 Å². The molecule has 0 unspecified atom stereocenters. The van der Waals surface area contributed by atoms with Crippen LogP contribution in [-0.4, -0.2) is 12.6 Å². The van der Waals surface area contributed by atoms with E-state index in [1.165, 1.54) is 5.56 Å². The molecule has 0 amide bonds. The van der Waals surface area contributed by atoms with Gasteiger partial charge in [-0.3, -0.25) is 0 Å². The van der Waals surface area contributed by atoms with Crippen LogP contribution in [0.15, 0.2) is 18.2 Å². The molecule has 0 aromatic heterocycles. The zero-order valence-corrected chi connectivity index (χ0v) is 11.5. The van der Waals surface area contributed by atoms with E-state index in [0.29, 0.717) is 17.7 Å². The topological polar surface area (TPSA) is 21.3 Å². The molecule has 0 bridgehead atoms. The van der Waals surface area contributed by atoms with E-state index in [2.05, 4.69) is 19.2 Å². The van der Waals surface area contributed by atoms with E-state index in [-0.39, 0.29) is 12.4 Å². The highest BCUT2D eigenvalue weighted by Gasteiger charge is 2.02. The third-order valence-electron chi connectivity index (χ3n) is 2.01. The van der Waals surface area contributed by atoms with Gasteiger partial charge in [-0.2, -0.15) is 0 Å². The fraction of sp³-hybridized carbons (Fsp3) is 0.500. The summed E-state index contributed by atoms with van der Waals surface area (Å²) in [6, 6.07) is 6.38. The van der Waals surface area contributed by atoms with Gasteiger partial charge in [0.25, 0.3) is 0 Å². The SMILES string of the molecule is CCOc1ccc(CNC(C)C)cc1Cl.Cl. The van der Waals surface area contributed by atoms with E-state index in [1.807, 2.05) is 25.1 Å². The lowest BCUT2D eigenvalue weighted by atomic mass is 10.2. The Labute approximate surface area is 109 Å². The van der Waals surface area contributed by atoms with E-state index >= 15 is 0 Å². The first-order chi connectivity index (χ1) is 7.13. The lowest BCUT2D eigenvalue weighted by molar-refractivity contribution is 0.340. The second kappa shape index (κ2) is 7.77. The molecule has 0 spiro atoms. The Kier molecular flexibility index (Phi) is 7.56. The van der Waals surface area contributed by atoms with Crippen LogP contribution in [0.3, 0.4) is 0 Å². The van der Waals surface area contributed by atoms with Gasteiger partial charge in [-0.15, -0.1) is 12.4 Å². The summed E-state index contributed by atoms with van der Waals surface area (Å²) in [5.74, 6) is 0.757. The molecule has 0 saturated heterocycles. The summed E-state index contributed by atoms with van der Waals surface area (Å²) in [6.07, 6.45) is 0. The maximum absolute atomic E-state index is 6.07. The van der Waals surface area contributed by atoms with Gasteiger partial charge in [-0.05, 0) is 24.6 Å². The summed E-state index contributed by atoms with van der Waals surface area (Å²) in [7, 11) is 0. The molecule has 1 aromatic carbocycles. The van der Waals surface area contributed by atoms with Gasteiger partial charge in [0.1, 0.15) is 5.75 Å². The largest absolute Gasteiger partial charge is 0.492 e. The number of hydrogen-bond acceptors (Lipinski definition) is 2. The van der Waals surface area contributed by atoms with Crippen molar-refractivity contribution in [3.63, 3.8) is 0 Å². The minimum atomic E-state index is 0. The number of ether oxygens (including phenoxy) is 1. The Hall–Kier alpha value is -0.440. The third-order valence-corrected chi connectivity index (χ3v) is 2.31. The Morgan fingerprint density at radius 3 is 2.56 bits per heavy atom. The molecule has 0 aliphatic heterocycles. The Morgan fingerprint density at radius 2 is 2.06 bits per heavy atom. The molecule has 0 atom stereocenters. The first kappa shape index (κ1) is 15.6. The average molecular weight is 264 g/mol. The van der Waals surface area contributed by atoms with E-state index in [0.717, 1.165) is 12.3 Å². The zero-order chi connectivity index (χ0) is 11.3. The van der Waals surface area contributed by atoms with Crippen LogP contribution in [0.2, 0.25) is 5.02 Å². The third kappa shape index (κ3) is 5.06. The second-order valence-corrected chi connectivity index (χ2v) is 4.14. The predicted molar refractivity (Wildman–Crippen MR) is 71.8 cm³/mol. The summed E-state index contributed by atoms with van der Waals surface area (Å²) >= 11 is 6.07. The molecule has 1 N–H and O–H groups in total. The van der Waals surface area contributed by atoms with Crippen molar-refractivity contribution < 1.29 is 4.74 Å². The van der Waals surface area contributed by atoms with Gasteiger partial charge in [0.2, 0.25) is 0 Å². The fourth-order valence-corrected chi connectivity index (χ4v) is 1.51. The summed E-state index contributed by atoms with van der Waals surface area (Å²) in [5.41, 5.74) is 1.18. The molecule has 0 radical (unpaired) electrons. The number of rotatable bonds is 5. The first-order valence-corrected chi connectivity index (χ1v) is 5.66. The molecular weight excluding hydrogens is 245 g/mol. The van der Waals surface area contributed by atoms with Crippen LogP contribution in [0.1, 0.15) is 26.3 Å². The van der Waals surface area contributed by atoms with Gasteiger partial charge in [0.15, 0.2) is 0 Å². The monoisotopic (exact) mass is 263 g/mol. The highest BCUT2D eigenvalue weighted by molar-refractivity contribution is 6.32. The van der Waals surface area contributed by atoms with E-state index < -0.39 is 0 Å². The van der Waals surface area contributed by atoms with Crippen molar-refractivity contribution in [2.45, 2.75) is 33.4 Å². The number of benzene rings is 1. The van der Waals surface area contributed by atoms with Crippen LogP contribution in [0, 0.1) is 0 Å². The first-order valence-electron chi connectivity index (χ1n) is 5.28. The Bertz CT molecular complexity index is 316. The number of nitrogens with one attached hydrogen (secondary N) is 1. The summed E-state index contributed by atoms with van der Waals surface area (Å²) in [5, 5.41) is 4.02. The smallest absolute Gasteiger partial charge is 0.137 e. The predicted octanol–water partition coefficient (Wildman–Crippen LogP) is 3.66. The normalized spacial score (nSPS) is 10.1. The van der Waals surface area contributed by atoms with E-state index in [1.54, 1.807) is 0 Å². The van der Waals surface area contributed by atoms with Crippen LogP contribution in [0.25, 0.3) is 0 Å². The molecule has 92 valence electrons. The Balaban J connectivity index is 0.00000225. The summed E-state index contributed by atoms with van der Waals surface area (Å²) in [6.45, 7) is 7.67. The van der Waals surface area contributed by atoms with Crippen molar-refractivity contribution in [1.82, 2.24) is 5.32 Å². The van der Waals surface area contributed by atoms with Crippen molar-refractivity contribution in [1.29, 1.82) is 0 Å². The van der Waals surface area contributed by atoms with Gasteiger partial charge in [0.05, 0.1) is 11.6 Å². The van der Waals surface area contributed by atoms with Crippen LogP contribution < -0.4 is 10.1 Å². The lowest BCUT2D eigenvalue weighted by Crippen LogP contribution is -2.21. The molecule has 4 heteroatoms.